The minimum Gasteiger partial charge on any atom is -0.445 e. The molecule has 2 N–H and O–H groups in total. The molecule has 1 aromatic heterocycles. The van der Waals surface area contributed by atoms with E-state index in [9.17, 15) is 19.5 Å². The molecule has 0 saturated carbocycles. The van der Waals surface area contributed by atoms with Gasteiger partial charge in [0.2, 0.25) is 5.91 Å². The molecule has 0 radical (unpaired) electrons. The van der Waals surface area contributed by atoms with Crippen LogP contribution in [0.4, 0.5) is 4.79 Å². The van der Waals surface area contributed by atoms with Crippen molar-refractivity contribution >= 4 is 28.9 Å². The van der Waals surface area contributed by atoms with Crippen LogP contribution in [-0.4, -0.2) is 49.6 Å². The number of fused-ring (bicyclic) bond motifs is 1. The number of aliphatic hydroxyl groups is 1. The Bertz CT molecular complexity index is 2340. The molecule has 2 saturated heterocycles. The molecule has 1 unspecified atom stereocenters. The van der Waals surface area contributed by atoms with Gasteiger partial charge in [-0.3, -0.25) is 14.5 Å². The third-order valence-electron chi connectivity index (χ3n) is 10.5. The molecule has 2 fully saturated rings. The Morgan fingerprint density at radius 2 is 1.55 bits per heavy atom. The maximum Gasteiger partial charge on any atom is 0.408 e. The van der Waals surface area contributed by atoms with Crippen molar-refractivity contribution < 1.29 is 33.7 Å². The molecule has 2 aliphatic rings. The first-order valence-corrected chi connectivity index (χ1v) is 18.7. The number of imidazole rings is 1. The number of carbonyl (C=O) groups excluding carboxylic acids is 3. The summed E-state index contributed by atoms with van der Waals surface area (Å²) in [6.45, 7) is 2.80. The lowest BCUT2D eigenvalue weighted by Crippen LogP contribution is -2.41. The fourth-order valence-corrected chi connectivity index (χ4v) is 7.44. The van der Waals surface area contributed by atoms with E-state index in [4.69, 9.17) is 14.2 Å². The molecular weight excluding hydrogens is 709 g/mol. The molecule has 11 nitrogen and oxygen atoms in total. The number of rotatable bonds is 11. The highest BCUT2D eigenvalue weighted by Gasteiger charge is 2.40. The number of alkyl carbamates (subject to hydrolysis) is 1. The summed E-state index contributed by atoms with van der Waals surface area (Å²) in [5.41, 5.74) is 8.01. The van der Waals surface area contributed by atoms with Gasteiger partial charge in [-0.15, -0.1) is 0 Å². The SMILES string of the molecule is C[C@@H]1[C@H](Cn2cnc3ccccc32)O[C@H](c2cccc(-c3cccc(CN4C(=O)CC(NC(=O)OCc5ccccc5)C4=O)c3)c2)O[C@@H]1c1ccc(CO)cc1. The van der Waals surface area contributed by atoms with Crippen LogP contribution in [0.1, 0.15) is 53.6 Å². The van der Waals surface area contributed by atoms with Crippen molar-refractivity contribution in [2.24, 2.45) is 5.92 Å². The van der Waals surface area contributed by atoms with E-state index >= 15 is 0 Å². The predicted octanol–water partition coefficient (Wildman–Crippen LogP) is 7.24. The van der Waals surface area contributed by atoms with Crippen LogP contribution >= 0.6 is 0 Å². The molecule has 11 heteroatoms. The lowest BCUT2D eigenvalue weighted by atomic mass is 9.90. The van der Waals surface area contributed by atoms with Gasteiger partial charge in [0.1, 0.15) is 12.6 Å². The van der Waals surface area contributed by atoms with Gasteiger partial charge < -0.3 is 29.2 Å². The van der Waals surface area contributed by atoms with Crippen molar-refractivity contribution in [3.63, 3.8) is 0 Å². The number of nitrogens with one attached hydrogen (secondary N) is 1. The number of likely N-dealkylation sites (tertiary alicyclic amines) is 1. The first-order chi connectivity index (χ1) is 27.3. The number of nitrogens with zero attached hydrogens (tertiary/aromatic N) is 3. The van der Waals surface area contributed by atoms with Crippen LogP contribution in [-0.2, 0) is 50.1 Å². The van der Waals surface area contributed by atoms with Gasteiger partial charge in [0.05, 0.1) is 55.7 Å². The average molecular weight is 751 g/mol. The normalized spacial score (nSPS) is 21.0. The van der Waals surface area contributed by atoms with Crippen molar-refractivity contribution in [3.05, 3.63) is 162 Å². The number of amides is 3. The Labute approximate surface area is 324 Å². The van der Waals surface area contributed by atoms with E-state index in [1.807, 2.05) is 128 Å². The molecule has 5 atom stereocenters. The predicted molar refractivity (Wildman–Crippen MR) is 208 cm³/mol. The zero-order valence-corrected chi connectivity index (χ0v) is 30.9. The van der Waals surface area contributed by atoms with Crippen LogP contribution in [0.5, 0.6) is 0 Å². The van der Waals surface area contributed by atoms with Crippen molar-refractivity contribution in [1.82, 2.24) is 19.8 Å². The molecule has 8 rings (SSSR count). The van der Waals surface area contributed by atoms with Gasteiger partial charge in [-0.1, -0.05) is 110 Å². The fourth-order valence-electron chi connectivity index (χ4n) is 7.44. The summed E-state index contributed by atoms with van der Waals surface area (Å²) in [6, 6.07) is 39.8. The second-order valence-electron chi connectivity index (χ2n) is 14.3. The maximum atomic E-state index is 13.3. The zero-order valence-electron chi connectivity index (χ0n) is 30.9. The molecule has 3 heterocycles. The van der Waals surface area contributed by atoms with Gasteiger partial charge in [-0.25, -0.2) is 9.78 Å². The van der Waals surface area contributed by atoms with E-state index in [0.717, 1.165) is 50.0 Å². The Hall–Kier alpha value is -6.14. The molecule has 3 amide bonds. The maximum absolute atomic E-state index is 13.3. The summed E-state index contributed by atoms with van der Waals surface area (Å²) < 4.78 is 20.9. The average Bonchev–Trinajstić information content (AvgIpc) is 3.76. The summed E-state index contributed by atoms with van der Waals surface area (Å²) in [5, 5.41) is 12.2. The van der Waals surface area contributed by atoms with E-state index in [1.165, 1.54) is 4.90 Å². The number of aromatic nitrogens is 2. The second-order valence-corrected chi connectivity index (χ2v) is 14.3. The fraction of sp³-hybridized carbons (Fsp3) is 0.244. The first kappa shape index (κ1) is 36.8. The van der Waals surface area contributed by atoms with E-state index in [2.05, 4.69) is 27.9 Å². The van der Waals surface area contributed by atoms with Gasteiger partial charge >= 0.3 is 6.09 Å². The van der Waals surface area contributed by atoms with Crippen molar-refractivity contribution in [2.75, 3.05) is 0 Å². The Balaban J connectivity index is 0.987. The third kappa shape index (κ3) is 7.97. The number of hydrogen-bond acceptors (Lipinski definition) is 8. The second kappa shape index (κ2) is 16.3. The van der Waals surface area contributed by atoms with Crippen LogP contribution in [0.15, 0.2) is 134 Å². The van der Waals surface area contributed by atoms with Crippen LogP contribution in [0.25, 0.3) is 22.2 Å². The van der Waals surface area contributed by atoms with Gasteiger partial charge in [-0.05, 0) is 57.6 Å². The van der Waals surface area contributed by atoms with Crippen molar-refractivity contribution in [3.8, 4) is 11.1 Å². The molecule has 6 aromatic rings. The van der Waals surface area contributed by atoms with Crippen LogP contribution in [0.3, 0.4) is 0 Å². The number of ether oxygens (including phenoxy) is 3. The number of imide groups is 1. The summed E-state index contributed by atoms with van der Waals surface area (Å²) in [5.74, 6) is -0.855. The first-order valence-electron chi connectivity index (χ1n) is 18.7. The Kier molecular flexibility index (Phi) is 10.7. The molecule has 0 aliphatic carbocycles. The number of benzene rings is 5. The smallest absolute Gasteiger partial charge is 0.408 e. The monoisotopic (exact) mass is 750 g/mol. The Morgan fingerprint density at radius 1 is 0.821 bits per heavy atom. The lowest BCUT2D eigenvalue weighted by molar-refractivity contribution is -0.276. The van der Waals surface area contributed by atoms with Crippen molar-refractivity contribution in [1.29, 1.82) is 0 Å². The topological polar surface area (TPSA) is 132 Å². The van der Waals surface area contributed by atoms with Crippen LogP contribution < -0.4 is 5.32 Å². The summed E-state index contributed by atoms with van der Waals surface area (Å²) >= 11 is 0. The molecule has 56 heavy (non-hydrogen) atoms. The number of para-hydroxylation sites is 2. The highest BCUT2D eigenvalue weighted by Crippen LogP contribution is 2.43. The van der Waals surface area contributed by atoms with E-state index in [1.54, 1.807) is 0 Å². The van der Waals surface area contributed by atoms with Gasteiger partial charge in [0.15, 0.2) is 6.29 Å². The van der Waals surface area contributed by atoms with E-state index < -0.39 is 24.3 Å². The third-order valence-corrected chi connectivity index (χ3v) is 10.5. The number of hydrogen-bond donors (Lipinski definition) is 2. The summed E-state index contributed by atoms with van der Waals surface area (Å²) in [7, 11) is 0. The van der Waals surface area contributed by atoms with Crippen LogP contribution in [0, 0.1) is 5.92 Å². The Morgan fingerprint density at radius 3 is 2.36 bits per heavy atom. The molecular formula is C45H42N4O7. The van der Waals surface area contributed by atoms with E-state index in [-0.39, 0.29) is 50.2 Å². The number of aliphatic hydroxyl groups excluding tert-OH is 1. The summed E-state index contributed by atoms with van der Waals surface area (Å²) in [6.07, 6.45) is -0.221. The van der Waals surface area contributed by atoms with Crippen LogP contribution in [0.2, 0.25) is 0 Å². The lowest BCUT2D eigenvalue weighted by Gasteiger charge is -2.41. The van der Waals surface area contributed by atoms with Gasteiger partial charge in [-0.2, -0.15) is 0 Å². The van der Waals surface area contributed by atoms with Crippen molar-refractivity contribution in [2.45, 2.75) is 64.2 Å². The minimum atomic E-state index is -0.989. The molecule has 0 bridgehead atoms. The minimum absolute atomic E-state index is 0.0157. The molecule has 5 aromatic carbocycles. The van der Waals surface area contributed by atoms with Gasteiger partial charge in [0.25, 0.3) is 5.91 Å². The highest BCUT2D eigenvalue weighted by molar-refractivity contribution is 6.06. The largest absolute Gasteiger partial charge is 0.445 e. The van der Waals surface area contributed by atoms with E-state index in [0.29, 0.717) is 6.54 Å². The standard InChI is InChI=1S/C45H42N4O7/c1-29-40(25-48-28-46-37-15-5-6-16-39(37)48)55-44(56-42(29)33-19-17-30(26-50)18-20-33)36-14-8-13-35(22-36)34-12-7-11-32(21-34)24-49-41(51)23-38(43(49)52)47-45(53)54-27-31-9-3-2-4-10-31/h2-22,28-29,38,40,42,44,50H,23-27H2,1H3,(H,47,53)/t29-,38?,40+,42+,44+/m1/s1. The van der Waals surface area contributed by atoms with Gasteiger partial charge in [0, 0.05) is 11.5 Å². The molecule has 2 aliphatic heterocycles. The highest BCUT2D eigenvalue weighted by atomic mass is 16.7. The summed E-state index contributed by atoms with van der Waals surface area (Å²) in [4.78, 5) is 44.5. The quantitative estimate of drug-likeness (QED) is 0.133. The molecule has 0 spiro atoms. The molecule has 284 valence electrons. The zero-order chi connectivity index (χ0) is 38.6. The number of carbonyl (C=O) groups is 3.